The van der Waals surface area contributed by atoms with Crippen LogP contribution in [0.15, 0.2) is 42.6 Å². The minimum atomic E-state index is -0.217. The van der Waals surface area contributed by atoms with Gasteiger partial charge in [0.2, 0.25) is 0 Å². The number of thiocarbonyl (C=S) groups is 1. The van der Waals surface area contributed by atoms with Gasteiger partial charge >= 0.3 is 0 Å². The van der Waals surface area contributed by atoms with E-state index in [0.717, 1.165) is 36.5 Å². The number of aromatic nitrogens is 1. The zero-order valence-corrected chi connectivity index (χ0v) is 18.9. The van der Waals surface area contributed by atoms with Crippen molar-refractivity contribution in [1.82, 2.24) is 10.3 Å². The van der Waals surface area contributed by atoms with Gasteiger partial charge in [-0.1, -0.05) is 12.1 Å². The van der Waals surface area contributed by atoms with E-state index < -0.39 is 0 Å². The molecule has 5 nitrogen and oxygen atoms in total. The van der Waals surface area contributed by atoms with Crippen molar-refractivity contribution in [2.75, 3.05) is 36.5 Å². The van der Waals surface area contributed by atoms with Crippen LogP contribution in [-0.2, 0) is 10.2 Å². The first-order valence-electron chi connectivity index (χ1n) is 11.2. The second-order valence-corrected chi connectivity index (χ2v) is 9.06. The highest BCUT2D eigenvalue weighted by molar-refractivity contribution is 7.80. The van der Waals surface area contributed by atoms with Crippen LogP contribution in [0.3, 0.4) is 0 Å². The molecule has 7 heteroatoms. The average Bonchev–Trinajstić information content (AvgIpc) is 2.80. The smallest absolute Gasteiger partial charge is 0.170 e. The molecule has 3 heterocycles. The molecule has 0 amide bonds. The van der Waals surface area contributed by atoms with Crippen molar-refractivity contribution in [3.8, 4) is 0 Å². The number of pyridine rings is 1. The van der Waals surface area contributed by atoms with Gasteiger partial charge in [-0.25, -0.2) is 9.37 Å². The van der Waals surface area contributed by atoms with E-state index in [2.05, 4.69) is 33.5 Å². The molecule has 0 spiro atoms. The molecular formula is C24H31FN4OS. The Morgan fingerprint density at radius 3 is 2.65 bits per heavy atom. The maximum atomic E-state index is 13.4. The summed E-state index contributed by atoms with van der Waals surface area (Å²) in [6.07, 6.45) is 7.33. The van der Waals surface area contributed by atoms with Crippen LogP contribution >= 0.6 is 12.2 Å². The van der Waals surface area contributed by atoms with E-state index in [1.807, 2.05) is 24.4 Å². The number of piperidine rings is 1. The Kier molecular flexibility index (Phi) is 7.02. The number of nitrogens with one attached hydrogen (secondary N) is 2. The molecule has 2 saturated heterocycles. The number of rotatable bonds is 5. The van der Waals surface area contributed by atoms with Crippen molar-refractivity contribution in [2.45, 2.75) is 50.5 Å². The second kappa shape index (κ2) is 9.92. The molecule has 31 heavy (non-hydrogen) atoms. The number of benzene rings is 1. The molecule has 2 aliphatic rings. The van der Waals surface area contributed by atoms with Gasteiger partial charge in [-0.3, -0.25) is 0 Å². The molecule has 2 aromatic rings. The second-order valence-electron chi connectivity index (χ2n) is 8.65. The van der Waals surface area contributed by atoms with Crippen LogP contribution in [0.4, 0.5) is 15.9 Å². The molecule has 4 rings (SSSR count). The van der Waals surface area contributed by atoms with E-state index in [1.165, 1.54) is 31.4 Å². The number of hydrogen-bond acceptors (Lipinski definition) is 4. The third kappa shape index (κ3) is 5.33. The summed E-state index contributed by atoms with van der Waals surface area (Å²) in [6, 6.07) is 11.4. The van der Waals surface area contributed by atoms with Gasteiger partial charge in [0.1, 0.15) is 11.6 Å². The van der Waals surface area contributed by atoms with Crippen LogP contribution in [0.5, 0.6) is 0 Å². The summed E-state index contributed by atoms with van der Waals surface area (Å²) in [4.78, 5) is 7.03. The molecule has 1 aromatic heterocycles. The summed E-state index contributed by atoms with van der Waals surface area (Å²) in [5, 5.41) is 7.19. The molecule has 2 N–H and O–H groups in total. The van der Waals surface area contributed by atoms with E-state index >= 15 is 0 Å². The average molecular weight is 443 g/mol. The number of nitrogens with zero attached hydrogens (tertiary/aromatic N) is 2. The third-order valence-corrected chi connectivity index (χ3v) is 6.84. The normalized spacial score (nSPS) is 20.8. The number of ether oxygens (including phenoxy) is 1. The standard InChI is InChI=1S/C24H31FN4OS/c1-18-4-2-3-13-29(18)22-10-9-21(16-26-22)28-23(31)27-17-24(11-14-30-15-12-24)19-5-7-20(25)8-6-19/h5-10,16,18H,2-4,11-15,17H2,1H3,(H2,27,28,31)/t18-/m1/s1. The highest BCUT2D eigenvalue weighted by Gasteiger charge is 2.34. The van der Waals surface area contributed by atoms with Crippen molar-refractivity contribution in [3.63, 3.8) is 0 Å². The first kappa shape index (κ1) is 22.0. The Morgan fingerprint density at radius 2 is 1.97 bits per heavy atom. The monoisotopic (exact) mass is 442 g/mol. The fourth-order valence-electron chi connectivity index (χ4n) is 4.63. The lowest BCUT2D eigenvalue weighted by Gasteiger charge is -2.38. The molecule has 1 aromatic carbocycles. The first-order valence-corrected chi connectivity index (χ1v) is 11.6. The minimum absolute atomic E-state index is 0.121. The molecule has 166 valence electrons. The first-order chi connectivity index (χ1) is 15.1. The summed E-state index contributed by atoms with van der Waals surface area (Å²) in [5.74, 6) is 0.806. The van der Waals surface area contributed by atoms with Gasteiger partial charge in [-0.2, -0.15) is 0 Å². The Hall–Kier alpha value is -2.25. The van der Waals surface area contributed by atoms with E-state index in [4.69, 9.17) is 17.0 Å². The highest BCUT2D eigenvalue weighted by Crippen LogP contribution is 2.34. The predicted molar refractivity (Wildman–Crippen MR) is 127 cm³/mol. The molecule has 0 saturated carbocycles. The summed E-state index contributed by atoms with van der Waals surface area (Å²) in [6.45, 7) is 5.39. The maximum Gasteiger partial charge on any atom is 0.170 e. The maximum absolute atomic E-state index is 13.4. The lowest BCUT2D eigenvalue weighted by molar-refractivity contribution is 0.0515. The lowest BCUT2D eigenvalue weighted by atomic mass is 9.74. The molecule has 1 atom stereocenters. The number of anilines is 2. The molecule has 0 bridgehead atoms. The fraction of sp³-hybridized carbons (Fsp3) is 0.500. The minimum Gasteiger partial charge on any atom is -0.381 e. The zero-order chi connectivity index (χ0) is 21.7. The fourth-order valence-corrected chi connectivity index (χ4v) is 4.82. The van der Waals surface area contributed by atoms with Crippen LogP contribution in [0, 0.1) is 5.82 Å². The van der Waals surface area contributed by atoms with Crippen molar-refractivity contribution in [1.29, 1.82) is 0 Å². The van der Waals surface area contributed by atoms with Gasteiger partial charge in [0, 0.05) is 37.8 Å². The molecule has 2 fully saturated rings. The van der Waals surface area contributed by atoms with Crippen molar-refractivity contribution in [2.24, 2.45) is 0 Å². The van der Waals surface area contributed by atoms with Crippen molar-refractivity contribution >= 4 is 28.8 Å². The van der Waals surface area contributed by atoms with Crippen LogP contribution in [0.2, 0.25) is 0 Å². The van der Waals surface area contributed by atoms with Crippen molar-refractivity contribution in [3.05, 3.63) is 54.0 Å². The Morgan fingerprint density at radius 1 is 1.19 bits per heavy atom. The van der Waals surface area contributed by atoms with Gasteiger partial charge < -0.3 is 20.3 Å². The Balaban J connectivity index is 1.37. The van der Waals surface area contributed by atoms with Gasteiger partial charge in [-0.15, -0.1) is 0 Å². The van der Waals surface area contributed by atoms with Crippen LogP contribution in [0.1, 0.15) is 44.6 Å². The van der Waals surface area contributed by atoms with E-state index in [-0.39, 0.29) is 11.2 Å². The lowest BCUT2D eigenvalue weighted by Crippen LogP contribution is -2.45. The van der Waals surface area contributed by atoms with Gasteiger partial charge in [0.15, 0.2) is 5.11 Å². The van der Waals surface area contributed by atoms with Crippen molar-refractivity contribution < 1.29 is 9.13 Å². The molecule has 2 aliphatic heterocycles. The summed E-state index contributed by atoms with van der Waals surface area (Å²) < 4.78 is 19.0. The summed E-state index contributed by atoms with van der Waals surface area (Å²) in [5.41, 5.74) is 1.87. The summed E-state index contributed by atoms with van der Waals surface area (Å²) >= 11 is 5.55. The topological polar surface area (TPSA) is 49.4 Å². The number of halogens is 1. The van der Waals surface area contributed by atoms with Crippen LogP contribution < -0.4 is 15.5 Å². The molecule has 0 unspecified atom stereocenters. The largest absolute Gasteiger partial charge is 0.381 e. The molecular weight excluding hydrogens is 411 g/mol. The zero-order valence-electron chi connectivity index (χ0n) is 18.1. The van der Waals surface area contributed by atoms with Gasteiger partial charge in [0.25, 0.3) is 0 Å². The Labute approximate surface area is 189 Å². The quantitative estimate of drug-likeness (QED) is 0.659. The SMILES string of the molecule is C[C@@H]1CCCCN1c1ccc(NC(=S)NCC2(c3ccc(F)cc3)CCOCC2)cn1. The molecule has 0 aliphatic carbocycles. The molecule has 0 radical (unpaired) electrons. The van der Waals surface area contributed by atoms with E-state index in [9.17, 15) is 4.39 Å². The number of hydrogen-bond donors (Lipinski definition) is 2. The van der Waals surface area contributed by atoms with Gasteiger partial charge in [-0.05, 0) is 81.1 Å². The summed E-state index contributed by atoms with van der Waals surface area (Å²) in [7, 11) is 0. The van der Waals surface area contributed by atoms with E-state index in [1.54, 1.807) is 0 Å². The van der Waals surface area contributed by atoms with Crippen LogP contribution in [0.25, 0.3) is 0 Å². The van der Waals surface area contributed by atoms with E-state index in [0.29, 0.717) is 30.9 Å². The predicted octanol–water partition coefficient (Wildman–Crippen LogP) is 4.63. The highest BCUT2D eigenvalue weighted by atomic mass is 32.1. The van der Waals surface area contributed by atoms with Crippen LogP contribution in [-0.4, -0.2) is 42.4 Å². The van der Waals surface area contributed by atoms with Gasteiger partial charge in [0.05, 0.1) is 11.9 Å². The third-order valence-electron chi connectivity index (χ3n) is 6.60. The Bertz CT molecular complexity index is 868.